The Kier molecular flexibility index (Phi) is 4.52. The maximum atomic E-state index is 12.9. The van der Waals surface area contributed by atoms with Crippen LogP contribution in [-0.2, 0) is 0 Å². The first-order valence-corrected chi connectivity index (χ1v) is 10.4. The van der Waals surface area contributed by atoms with E-state index in [0.29, 0.717) is 32.3 Å². The van der Waals surface area contributed by atoms with Gasteiger partial charge >= 0.3 is 0 Å². The largest absolute Gasteiger partial charge is 0.331 e. The van der Waals surface area contributed by atoms with Crippen molar-refractivity contribution >= 4 is 57.7 Å². The van der Waals surface area contributed by atoms with Gasteiger partial charge in [-0.15, -0.1) is 11.3 Å². The second kappa shape index (κ2) is 6.54. The van der Waals surface area contributed by atoms with E-state index >= 15 is 0 Å². The summed E-state index contributed by atoms with van der Waals surface area (Å²) >= 11 is 14.7. The van der Waals surface area contributed by atoms with Crippen LogP contribution in [0.25, 0.3) is 0 Å². The van der Waals surface area contributed by atoms with Crippen LogP contribution in [0.3, 0.4) is 0 Å². The molecule has 2 unspecified atom stereocenters. The van der Waals surface area contributed by atoms with Gasteiger partial charge < -0.3 is 9.80 Å². The Hall–Kier alpha value is -1.15. The normalized spacial score (nSPS) is 22.5. The Bertz CT molecular complexity index is 850. The van der Waals surface area contributed by atoms with Gasteiger partial charge in [0.15, 0.2) is 4.47 Å². The highest BCUT2D eigenvalue weighted by Gasteiger charge is 2.44. The Morgan fingerprint density at radius 3 is 2.28 bits per heavy atom. The summed E-state index contributed by atoms with van der Waals surface area (Å²) in [4.78, 5) is 34.5. The topological polar surface area (TPSA) is 53.5 Å². The Balaban J connectivity index is 1.53. The van der Waals surface area contributed by atoms with E-state index in [1.54, 1.807) is 0 Å². The standard InChI is InChI=1S/C16H15Cl2N3O2S2/c1-8-7-24-13(12(8)17)15(23)21-6-9-2-3-10(21)5-20(9)14(22)11-4-19-16(18)25-11/h4,7,9-10H,2-3,5-6H2,1H3. The van der Waals surface area contributed by atoms with Crippen LogP contribution in [0.15, 0.2) is 11.6 Å². The molecule has 3 saturated heterocycles. The number of aryl methyl sites for hydroxylation is 1. The third kappa shape index (κ3) is 2.97. The number of hydrogen-bond acceptors (Lipinski definition) is 5. The third-order valence-corrected chi connectivity index (χ3v) is 7.62. The van der Waals surface area contributed by atoms with Gasteiger partial charge in [-0.3, -0.25) is 9.59 Å². The highest BCUT2D eigenvalue weighted by Crippen LogP contribution is 2.35. The Labute approximate surface area is 163 Å². The predicted molar refractivity (Wildman–Crippen MR) is 100 cm³/mol. The molecule has 3 fully saturated rings. The van der Waals surface area contributed by atoms with Gasteiger partial charge in [0.2, 0.25) is 0 Å². The summed E-state index contributed by atoms with van der Waals surface area (Å²) < 4.78 is 0.366. The molecule has 5 heterocycles. The molecule has 0 spiro atoms. The predicted octanol–water partition coefficient (Wildman–Crippen LogP) is 3.95. The van der Waals surface area contributed by atoms with Gasteiger partial charge in [-0.25, -0.2) is 4.98 Å². The van der Waals surface area contributed by atoms with E-state index in [0.717, 1.165) is 18.4 Å². The maximum Gasteiger partial charge on any atom is 0.266 e. The van der Waals surface area contributed by atoms with Crippen LogP contribution in [0, 0.1) is 6.92 Å². The third-order valence-electron chi connectivity index (χ3n) is 4.83. The van der Waals surface area contributed by atoms with E-state index in [1.807, 2.05) is 22.1 Å². The van der Waals surface area contributed by atoms with Crippen molar-refractivity contribution in [2.24, 2.45) is 0 Å². The van der Waals surface area contributed by atoms with Crippen molar-refractivity contribution < 1.29 is 9.59 Å². The van der Waals surface area contributed by atoms with Crippen LogP contribution in [0.4, 0.5) is 0 Å². The van der Waals surface area contributed by atoms with E-state index in [4.69, 9.17) is 23.2 Å². The average molecular weight is 416 g/mol. The number of carbonyl (C=O) groups excluding carboxylic acids is 2. The number of halogens is 2. The van der Waals surface area contributed by atoms with Gasteiger partial charge in [-0.1, -0.05) is 34.5 Å². The van der Waals surface area contributed by atoms with Gasteiger partial charge in [0.25, 0.3) is 11.8 Å². The molecule has 0 saturated carbocycles. The number of rotatable bonds is 2. The highest BCUT2D eigenvalue weighted by molar-refractivity contribution is 7.17. The van der Waals surface area contributed by atoms with Crippen molar-refractivity contribution in [3.05, 3.63) is 36.4 Å². The van der Waals surface area contributed by atoms with Crippen LogP contribution < -0.4 is 0 Å². The lowest BCUT2D eigenvalue weighted by molar-refractivity contribution is -0.00562. The minimum absolute atomic E-state index is 0.0225. The van der Waals surface area contributed by atoms with Crippen LogP contribution >= 0.6 is 45.9 Å². The molecular formula is C16H15Cl2N3O2S2. The van der Waals surface area contributed by atoms with Crippen molar-refractivity contribution in [2.75, 3.05) is 13.1 Å². The Morgan fingerprint density at radius 1 is 1.16 bits per heavy atom. The molecule has 2 aromatic rings. The molecule has 2 amide bonds. The number of nitrogens with zero attached hydrogens (tertiary/aromatic N) is 3. The molecule has 5 nitrogen and oxygen atoms in total. The summed E-state index contributed by atoms with van der Waals surface area (Å²) in [6, 6.07) is 0.0606. The van der Waals surface area contributed by atoms with Crippen molar-refractivity contribution in [1.82, 2.24) is 14.8 Å². The highest BCUT2D eigenvalue weighted by atomic mass is 35.5. The number of piperazine rings is 1. The molecule has 5 rings (SSSR count). The van der Waals surface area contributed by atoms with Gasteiger partial charge in [0.1, 0.15) is 9.75 Å². The first kappa shape index (κ1) is 17.3. The van der Waals surface area contributed by atoms with Crippen LogP contribution in [0.2, 0.25) is 9.49 Å². The molecule has 0 aromatic carbocycles. The number of piperidine rings is 2. The minimum atomic E-state index is -0.0452. The summed E-state index contributed by atoms with van der Waals surface area (Å²) in [6.45, 7) is 3.00. The smallest absolute Gasteiger partial charge is 0.266 e. The molecule has 9 heteroatoms. The number of aromatic nitrogens is 1. The number of thiazole rings is 1. The van der Waals surface area contributed by atoms with E-state index in [2.05, 4.69) is 4.98 Å². The number of fused-ring (bicyclic) bond motifs is 3. The van der Waals surface area contributed by atoms with Crippen LogP contribution in [0.1, 0.15) is 37.7 Å². The molecule has 2 atom stereocenters. The number of amides is 2. The van der Waals surface area contributed by atoms with E-state index in [9.17, 15) is 9.59 Å². The molecule has 0 radical (unpaired) electrons. The zero-order valence-corrected chi connectivity index (χ0v) is 16.5. The van der Waals surface area contributed by atoms with Crippen molar-refractivity contribution in [3.63, 3.8) is 0 Å². The SMILES string of the molecule is Cc1csc(C(=O)N2CC3CCC2CN3C(=O)c2cnc(Cl)s2)c1Cl. The lowest BCUT2D eigenvalue weighted by Crippen LogP contribution is -2.65. The molecule has 2 aromatic heterocycles. The second-order valence-electron chi connectivity index (χ2n) is 6.34. The van der Waals surface area contributed by atoms with Gasteiger partial charge in [0, 0.05) is 25.2 Å². The number of thiophene rings is 1. The van der Waals surface area contributed by atoms with Crippen molar-refractivity contribution in [2.45, 2.75) is 31.8 Å². The zero-order valence-electron chi connectivity index (χ0n) is 13.4. The van der Waals surface area contributed by atoms with Crippen molar-refractivity contribution in [3.8, 4) is 0 Å². The molecule has 3 aliphatic rings. The molecule has 25 heavy (non-hydrogen) atoms. The number of hydrogen-bond donors (Lipinski definition) is 0. The zero-order chi connectivity index (χ0) is 17.7. The monoisotopic (exact) mass is 415 g/mol. The summed E-state index contributed by atoms with van der Waals surface area (Å²) in [5.74, 6) is -0.0677. The van der Waals surface area contributed by atoms with E-state index < -0.39 is 0 Å². The molecule has 132 valence electrons. The van der Waals surface area contributed by atoms with Crippen LogP contribution in [-0.4, -0.2) is 51.8 Å². The summed E-state index contributed by atoms with van der Waals surface area (Å²) in [5, 5.41) is 2.45. The quantitative estimate of drug-likeness (QED) is 0.745. The van der Waals surface area contributed by atoms with E-state index in [1.165, 1.54) is 28.9 Å². The minimum Gasteiger partial charge on any atom is -0.331 e. The summed E-state index contributed by atoms with van der Waals surface area (Å²) in [5.41, 5.74) is 0.927. The first-order valence-electron chi connectivity index (χ1n) is 7.92. The summed E-state index contributed by atoms with van der Waals surface area (Å²) in [6.07, 6.45) is 3.34. The van der Waals surface area contributed by atoms with Crippen LogP contribution in [0.5, 0.6) is 0 Å². The molecule has 0 aliphatic carbocycles. The lowest BCUT2D eigenvalue weighted by atomic mass is 9.90. The Morgan fingerprint density at radius 2 is 1.80 bits per heavy atom. The average Bonchev–Trinajstić information content (AvgIpc) is 3.20. The molecule has 3 aliphatic heterocycles. The lowest BCUT2D eigenvalue weighted by Gasteiger charge is -2.51. The molecule has 0 N–H and O–H groups in total. The fourth-order valence-corrected chi connectivity index (χ4v) is 5.65. The fourth-order valence-electron chi connectivity index (χ4n) is 3.52. The molecular weight excluding hydrogens is 401 g/mol. The van der Waals surface area contributed by atoms with Gasteiger partial charge in [0.05, 0.1) is 11.2 Å². The maximum absolute atomic E-state index is 12.9. The second-order valence-corrected chi connectivity index (χ2v) is 9.21. The number of carbonyl (C=O) groups is 2. The summed E-state index contributed by atoms with van der Waals surface area (Å²) in [7, 11) is 0. The van der Waals surface area contributed by atoms with Gasteiger partial charge in [-0.05, 0) is 30.7 Å². The first-order chi connectivity index (χ1) is 12.0. The van der Waals surface area contributed by atoms with Gasteiger partial charge in [-0.2, -0.15) is 0 Å². The molecule has 2 bridgehead atoms. The van der Waals surface area contributed by atoms with Crippen molar-refractivity contribution in [1.29, 1.82) is 0 Å². The van der Waals surface area contributed by atoms with E-state index in [-0.39, 0.29) is 23.9 Å². The fraction of sp³-hybridized carbons (Fsp3) is 0.438.